The predicted octanol–water partition coefficient (Wildman–Crippen LogP) is 0.0127. The number of aromatic nitrogens is 2. The van der Waals surface area contributed by atoms with E-state index in [4.69, 9.17) is 5.26 Å². The second-order valence-corrected chi connectivity index (χ2v) is 2.87. The first-order valence-corrected chi connectivity index (χ1v) is 4.38. The van der Waals surface area contributed by atoms with Crippen molar-refractivity contribution < 1.29 is 0 Å². The number of aromatic amines is 1. The highest BCUT2D eigenvalue weighted by atomic mass is 16.2. The van der Waals surface area contributed by atoms with E-state index in [1.807, 2.05) is 13.0 Å². The van der Waals surface area contributed by atoms with Crippen LogP contribution in [0.5, 0.6) is 0 Å². The predicted molar refractivity (Wildman–Crippen MR) is 50.9 cm³/mol. The van der Waals surface area contributed by atoms with Crippen LogP contribution >= 0.6 is 0 Å². The summed E-state index contributed by atoms with van der Waals surface area (Å²) in [5.41, 5.74) is -0.240. The Kier molecular flexibility index (Phi) is 3.24. The van der Waals surface area contributed by atoms with Crippen molar-refractivity contribution in [1.29, 1.82) is 5.26 Å². The molecule has 14 heavy (non-hydrogen) atoms. The maximum Gasteiger partial charge on any atom is 0.328 e. The van der Waals surface area contributed by atoms with Gasteiger partial charge in [0.15, 0.2) is 0 Å². The first kappa shape index (κ1) is 10.3. The van der Waals surface area contributed by atoms with E-state index in [9.17, 15) is 9.59 Å². The van der Waals surface area contributed by atoms with E-state index < -0.39 is 5.69 Å². The molecule has 74 valence electrons. The summed E-state index contributed by atoms with van der Waals surface area (Å²) >= 11 is 0. The molecule has 1 N–H and O–H groups in total. The molecular formula is C9H11N3O2. The van der Waals surface area contributed by atoms with Crippen molar-refractivity contribution in [2.75, 3.05) is 0 Å². The molecular weight excluding hydrogens is 182 g/mol. The summed E-state index contributed by atoms with van der Waals surface area (Å²) in [6.45, 7) is 2.16. The molecule has 0 radical (unpaired) electrons. The van der Waals surface area contributed by atoms with Crippen molar-refractivity contribution in [3.63, 3.8) is 0 Å². The number of nitriles is 1. The first-order valence-electron chi connectivity index (χ1n) is 4.38. The molecule has 0 saturated carbocycles. The second kappa shape index (κ2) is 4.42. The molecule has 1 rings (SSSR count). The second-order valence-electron chi connectivity index (χ2n) is 2.87. The van der Waals surface area contributed by atoms with Crippen LogP contribution in [0, 0.1) is 11.3 Å². The Hall–Kier alpha value is -1.83. The molecule has 0 aromatic carbocycles. The Balaban J connectivity index is 3.13. The fourth-order valence-electron chi connectivity index (χ4n) is 1.14. The van der Waals surface area contributed by atoms with Gasteiger partial charge >= 0.3 is 5.69 Å². The van der Waals surface area contributed by atoms with E-state index in [2.05, 4.69) is 4.98 Å². The van der Waals surface area contributed by atoms with E-state index in [-0.39, 0.29) is 12.0 Å². The molecule has 5 nitrogen and oxygen atoms in total. The van der Waals surface area contributed by atoms with Gasteiger partial charge in [-0.25, -0.2) is 4.79 Å². The maximum atomic E-state index is 11.2. The third-order valence-electron chi connectivity index (χ3n) is 1.93. The van der Waals surface area contributed by atoms with Gasteiger partial charge in [-0.05, 0) is 6.42 Å². The monoisotopic (exact) mass is 193 g/mol. The zero-order valence-corrected chi connectivity index (χ0v) is 7.91. The molecule has 5 heteroatoms. The number of hydrogen-bond donors (Lipinski definition) is 1. The van der Waals surface area contributed by atoms with Gasteiger partial charge < -0.3 is 0 Å². The fraction of sp³-hybridized carbons (Fsp3) is 0.444. The van der Waals surface area contributed by atoms with E-state index in [0.717, 1.165) is 0 Å². The number of rotatable bonds is 3. The van der Waals surface area contributed by atoms with Gasteiger partial charge in [0, 0.05) is 18.3 Å². The van der Waals surface area contributed by atoms with E-state index >= 15 is 0 Å². The van der Waals surface area contributed by atoms with Crippen LogP contribution in [0.25, 0.3) is 0 Å². The van der Waals surface area contributed by atoms with Crippen LogP contribution in [0.1, 0.15) is 18.9 Å². The van der Waals surface area contributed by atoms with E-state index in [0.29, 0.717) is 18.5 Å². The van der Waals surface area contributed by atoms with Crippen LogP contribution in [0.2, 0.25) is 0 Å². The largest absolute Gasteiger partial charge is 0.328 e. The van der Waals surface area contributed by atoms with Crippen LogP contribution in [-0.2, 0) is 13.0 Å². The summed E-state index contributed by atoms with van der Waals surface area (Å²) in [6.07, 6.45) is 2.34. The van der Waals surface area contributed by atoms with Crippen molar-refractivity contribution in [3.05, 3.63) is 32.6 Å². The molecule has 0 spiro atoms. The molecule has 0 atom stereocenters. The molecule has 0 bridgehead atoms. The summed E-state index contributed by atoms with van der Waals surface area (Å²) < 4.78 is 1.35. The van der Waals surface area contributed by atoms with Gasteiger partial charge in [-0.3, -0.25) is 14.3 Å². The highest BCUT2D eigenvalue weighted by molar-refractivity contribution is 5.03. The quantitative estimate of drug-likeness (QED) is 0.734. The molecule has 0 aliphatic carbocycles. The third-order valence-corrected chi connectivity index (χ3v) is 1.93. The molecule has 1 heterocycles. The lowest BCUT2D eigenvalue weighted by Crippen LogP contribution is -2.31. The van der Waals surface area contributed by atoms with Crippen molar-refractivity contribution in [1.82, 2.24) is 9.55 Å². The highest BCUT2D eigenvalue weighted by Gasteiger charge is 2.01. The topological polar surface area (TPSA) is 78.7 Å². The Morgan fingerprint density at radius 2 is 2.29 bits per heavy atom. The van der Waals surface area contributed by atoms with Crippen molar-refractivity contribution in [2.24, 2.45) is 0 Å². The summed E-state index contributed by atoms with van der Waals surface area (Å²) in [5.74, 6) is 0. The van der Waals surface area contributed by atoms with Gasteiger partial charge in [-0.15, -0.1) is 0 Å². The van der Waals surface area contributed by atoms with Gasteiger partial charge in [-0.1, -0.05) is 6.92 Å². The van der Waals surface area contributed by atoms with Crippen molar-refractivity contribution in [2.45, 2.75) is 26.3 Å². The zero-order chi connectivity index (χ0) is 10.6. The smallest absolute Gasteiger partial charge is 0.299 e. The summed E-state index contributed by atoms with van der Waals surface area (Å²) in [5, 5.41) is 8.36. The lowest BCUT2D eigenvalue weighted by atomic mass is 10.2. The minimum Gasteiger partial charge on any atom is -0.299 e. The minimum atomic E-state index is -0.456. The number of nitrogens with one attached hydrogen (secondary N) is 1. The number of H-pyrrole nitrogens is 1. The van der Waals surface area contributed by atoms with Crippen LogP contribution in [0.3, 0.4) is 0 Å². The molecule has 0 aliphatic rings. The Labute approximate surface area is 80.6 Å². The standard InChI is InChI=1S/C9H11N3O2/c1-2-7-6-12(5-3-4-10)9(14)11-8(7)13/h6H,2-3,5H2,1H3,(H,11,13,14). The zero-order valence-electron chi connectivity index (χ0n) is 7.91. The molecule has 1 aromatic rings. The van der Waals surface area contributed by atoms with Gasteiger partial charge in [0.25, 0.3) is 5.56 Å². The Morgan fingerprint density at radius 1 is 1.57 bits per heavy atom. The SMILES string of the molecule is CCc1cn(CCC#N)c(=O)[nH]c1=O. The van der Waals surface area contributed by atoms with E-state index in [1.54, 1.807) is 0 Å². The summed E-state index contributed by atoms with van der Waals surface area (Å²) in [6, 6.07) is 1.94. The lowest BCUT2D eigenvalue weighted by Gasteiger charge is -2.03. The minimum absolute atomic E-state index is 0.259. The maximum absolute atomic E-state index is 11.2. The number of aryl methyl sites for hydroxylation is 2. The van der Waals surface area contributed by atoms with Crippen molar-refractivity contribution in [3.8, 4) is 6.07 Å². The van der Waals surface area contributed by atoms with Gasteiger partial charge in [-0.2, -0.15) is 5.26 Å². The average molecular weight is 193 g/mol. The molecule has 0 amide bonds. The van der Waals surface area contributed by atoms with Crippen LogP contribution in [0.15, 0.2) is 15.8 Å². The van der Waals surface area contributed by atoms with Gasteiger partial charge in [0.2, 0.25) is 0 Å². The Bertz CT molecular complexity index is 464. The first-order chi connectivity index (χ1) is 6.69. The van der Waals surface area contributed by atoms with Crippen LogP contribution in [-0.4, -0.2) is 9.55 Å². The summed E-state index contributed by atoms with van der Waals surface area (Å²) in [4.78, 5) is 24.6. The van der Waals surface area contributed by atoms with Crippen LogP contribution < -0.4 is 11.2 Å². The number of hydrogen-bond acceptors (Lipinski definition) is 3. The van der Waals surface area contributed by atoms with Gasteiger partial charge in [0.1, 0.15) is 0 Å². The third kappa shape index (κ3) is 2.10. The Morgan fingerprint density at radius 3 is 2.86 bits per heavy atom. The lowest BCUT2D eigenvalue weighted by molar-refractivity contribution is 0.650. The van der Waals surface area contributed by atoms with E-state index in [1.165, 1.54) is 10.8 Å². The summed E-state index contributed by atoms with van der Waals surface area (Å²) in [7, 11) is 0. The van der Waals surface area contributed by atoms with Crippen LogP contribution in [0.4, 0.5) is 0 Å². The molecule has 0 saturated heterocycles. The number of nitrogens with zero attached hydrogens (tertiary/aromatic N) is 2. The van der Waals surface area contributed by atoms with Crippen molar-refractivity contribution >= 4 is 0 Å². The molecule has 0 fully saturated rings. The normalized spacial score (nSPS) is 9.71. The molecule has 1 aromatic heterocycles. The van der Waals surface area contributed by atoms with Gasteiger partial charge in [0.05, 0.1) is 12.5 Å². The average Bonchev–Trinajstić information content (AvgIpc) is 2.17. The molecule has 0 aliphatic heterocycles. The molecule has 0 unspecified atom stereocenters. The highest BCUT2D eigenvalue weighted by Crippen LogP contribution is 1.90. The fourth-order valence-corrected chi connectivity index (χ4v) is 1.14.